The van der Waals surface area contributed by atoms with E-state index in [9.17, 15) is 22.8 Å². The second-order valence-corrected chi connectivity index (χ2v) is 8.93. The number of fused-ring (bicyclic) bond motifs is 1. The minimum absolute atomic E-state index is 0.0124. The van der Waals surface area contributed by atoms with Crippen molar-refractivity contribution in [3.8, 4) is 11.7 Å². The predicted molar refractivity (Wildman–Crippen MR) is 123 cm³/mol. The van der Waals surface area contributed by atoms with Crippen LogP contribution in [0.4, 0.5) is 18.9 Å². The molecule has 0 spiro atoms. The van der Waals surface area contributed by atoms with E-state index in [1.54, 1.807) is 13.8 Å². The highest BCUT2D eigenvalue weighted by atomic mass is 35.5. The standard InChI is InChI=1S/C21H16ClF3N6O3S/c1-9-16(11(18(26)32)6-13-17(9)35-10(2)28-13)29-20(33)14-7-15(34-8-21(23,24)25)30-31(14)19-12(22)4-3-5-27-19/h3-7H,8H2,1-2H3,(H2,26,32)(H,29,33). The lowest BCUT2D eigenvalue weighted by molar-refractivity contribution is -0.154. The number of ether oxygens (including phenoxy) is 1. The zero-order valence-corrected chi connectivity index (χ0v) is 19.7. The number of pyridine rings is 1. The van der Waals surface area contributed by atoms with Gasteiger partial charge < -0.3 is 15.8 Å². The van der Waals surface area contributed by atoms with Gasteiger partial charge in [0.15, 0.2) is 12.4 Å². The normalized spacial score (nSPS) is 11.6. The van der Waals surface area contributed by atoms with Crippen molar-refractivity contribution in [3.63, 3.8) is 0 Å². The van der Waals surface area contributed by atoms with Gasteiger partial charge >= 0.3 is 6.18 Å². The number of nitrogens with zero attached hydrogens (tertiary/aromatic N) is 4. The second-order valence-electron chi connectivity index (χ2n) is 7.32. The SMILES string of the molecule is Cc1nc2cc(C(N)=O)c(NC(=O)c3cc(OCC(F)(F)F)nn3-c3ncccc3Cl)c(C)c2s1. The molecule has 35 heavy (non-hydrogen) atoms. The Balaban J connectivity index is 1.79. The fourth-order valence-corrected chi connectivity index (χ4v) is 4.41. The summed E-state index contributed by atoms with van der Waals surface area (Å²) in [5.74, 6) is -2.10. The minimum Gasteiger partial charge on any atom is -0.467 e. The van der Waals surface area contributed by atoms with Gasteiger partial charge in [-0.3, -0.25) is 9.59 Å². The smallest absolute Gasteiger partial charge is 0.422 e. The maximum atomic E-state index is 13.3. The lowest BCUT2D eigenvalue weighted by Crippen LogP contribution is -2.21. The van der Waals surface area contributed by atoms with Crippen molar-refractivity contribution >= 4 is 50.7 Å². The van der Waals surface area contributed by atoms with Crippen molar-refractivity contribution in [1.29, 1.82) is 0 Å². The summed E-state index contributed by atoms with van der Waals surface area (Å²) in [7, 11) is 0. The highest BCUT2D eigenvalue weighted by Gasteiger charge is 2.30. The summed E-state index contributed by atoms with van der Waals surface area (Å²) in [5, 5.41) is 7.38. The summed E-state index contributed by atoms with van der Waals surface area (Å²) < 4.78 is 44.4. The average molecular weight is 525 g/mol. The summed E-state index contributed by atoms with van der Waals surface area (Å²) in [4.78, 5) is 33.9. The molecule has 14 heteroatoms. The molecule has 0 fully saturated rings. The van der Waals surface area contributed by atoms with Crippen LogP contribution in [0.2, 0.25) is 5.02 Å². The topological polar surface area (TPSA) is 125 Å². The Morgan fingerprint density at radius 3 is 2.69 bits per heavy atom. The number of aryl methyl sites for hydroxylation is 2. The number of hydrogen-bond acceptors (Lipinski definition) is 7. The Kier molecular flexibility index (Phi) is 6.38. The van der Waals surface area contributed by atoms with Crippen LogP contribution < -0.4 is 15.8 Å². The molecule has 0 aliphatic heterocycles. The van der Waals surface area contributed by atoms with E-state index in [2.05, 4.69) is 20.4 Å². The number of aromatic nitrogens is 4. The van der Waals surface area contributed by atoms with Crippen molar-refractivity contribution in [1.82, 2.24) is 19.7 Å². The molecule has 182 valence electrons. The van der Waals surface area contributed by atoms with Gasteiger partial charge in [-0.1, -0.05) is 11.6 Å². The number of rotatable bonds is 6. The number of amides is 2. The molecular weight excluding hydrogens is 509 g/mol. The quantitative estimate of drug-likeness (QED) is 0.384. The van der Waals surface area contributed by atoms with Gasteiger partial charge in [0.25, 0.3) is 11.8 Å². The monoisotopic (exact) mass is 524 g/mol. The van der Waals surface area contributed by atoms with Crippen LogP contribution in [0.5, 0.6) is 5.88 Å². The van der Waals surface area contributed by atoms with Crippen LogP contribution in [-0.4, -0.2) is 44.3 Å². The van der Waals surface area contributed by atoms with Crippen LogP contribution in [0.1, 0.15) is 31.4 Å². The molecule has 0 radical (unpaired) electrons. The molecule has 0 atom stereocenters. The highest BCUT2D eigenvalue weighted by molar-refractivity contribution is 7.18. The van der Waals surface area contributed by atoms with E-state index in [0.717, 1.165) is 20.5 Å². The Morgan fingerprint density at radius 1 is 1.29 bits per heavy atom. The first-order valence-corrected chi connectivity index (χ1v) is 11.1. The maximum Gasteiger partial charge on any atom is 0.422 e. The zero-order valence-electron chi connectivity index (χ0n) is 18.1. The van der Waals surface area contributed by atoms with Gasteiger partial charge in [-0.2, -0.15) is 13.2 Å². The summed E-state index contributed by atoms with van der Waals surface area (Å²) >= 11 is 7.54. The van der Waals surface area contributed by atoms with Crippen LogP contribution in [0, 0.1) is 13.8 Å². The van der Waals surface area contributed by atoms with Crippen LogP contribution in [0.25, 0.3) is 16.0 Å². The van der Waals surface area contributed by atoms with Crippen LogP contribution in [0.15, 0.2) is 30.5 Å². The molecule has 0 aliphatic rings. The third kappa shape index (κ3) is 5.05. The van der Waals surface area contributed by atoms with Crippen LogP contribution >= 0.6 is 22.9 Å². The first kappa shape index (κ1) is 24.4. The highest BCUT2D eigenvalue weighted by Crippen LogP contribution is 2.34. The van der Waals surface area contributed by atoms with Gasteiger partial charge in [0.1, 0.15) is 5.69 Å². The third-order valence-electron chi connectivity index (χ3n) is 4.77. The van der Waals surface area contributed by atoms with Crippen LogP contribution in [0.3, 0.4) is 0 Å². The van der Waals surface area contributed by atoms with Crippen molar-refractivity contribution in [2.45, 2.75) is 20.0 Å². The van der Waals surface area contributed by atoms with E-state index in [1.165, 1.54) is 35.7 Å². The van der Waals surface area contributed by atoms with E-state index in [0.29, 0.717) is 11.1 Å². The van der Waals surface area contributed by atoms with Gasteiger partial charge in [0, 0.05) is 12.3 Å². The molecule has 3 N–H and O–H groups in total. The Morgan fingerprint density at radius 2 is 2.03 bits per heavy atom. The summed E-state index contributed by atoms with van der Waals surface area (Å²) in [6, 6.07) is 5.49. The predicted octanol–water partition coefficient (Wildman–Crippen LogP) is 4.44. The molecule has 3 aromatic heterocycles. The number of hydrogen-bond donors (Lipinski definition) is 2. The molecule has 4 aromatic rings. The van der Waals surface area contributed by atoms with Crippen LogP contribution in [-0.2, 0) is 0 Å². The van der Waals surface area contributed by atoms with Gasteiger partial charge in [0.05, 0.1) is 31.5 Å². The first-order chi connectivity index (χ1) is 16.4. The fraction of sp³-hybridized carbons (Fsp3) is 0.190. The number of carbonyl (C=O) groups excluding carboxylic acids is 2. The number of halogens is 4. The van der Waals surface area contributed by atoms with Gasteiger partial charge in [-0.05, 0) is 37.6 Å². The van der Waals surface area contributed by atoms with Gasteiger partial charge in [0.2, 0.25) is 5.88 Å². The first-order valence-electron chi connectivity index (χ1n) is 9.87. The van der Waals surface area contributed by atoms with E-state index in [4.69, 9.17) is 22.1 Å². The molecule has 0 bridgehead atoms. The van der Waals surface area contributed by atoms with E-state index in [-0.39, 0.29) is 27.8 Å². The number of nitrogens with two attached hydrogens (primary N) is 1. The van der Waals surface area contributed by atoms with Crippen molar-refractivity contribution in [2.75, 3.05) is 11.9 Å². The van der Waals surface area contributed by atoms with Crippen molar-refractivity contribution in [3.05, 3.63) is 57.3 Å². The number of anilines is 1. The molecule has 4 rings (SSSR count). The number of thiazole rings is 1. The Bertz CT molecular complexity index is 1470. The number of carbonyl (C=O) groups is 2. The second kappa shape index (κ2) is 9.15. The fourth-order valence-electron chi connectivity index (χ4n) is 3.31. The molecular formula is C21H16ClF3N6O3S. The van der Waals surface area contributed by atoms with Gasteiger partial charge in [-0.15, -0.1) is 16.4 Å². The van der Waals surface area contributed by atoms with Crippen molar-refractivity contribution < 1.29 is 27.5 Å². The molecule has 0 saturated heterocycles. The molecule has 0 unspecified atom stereocenters. The summed E-state index contributed by atoms with van der Waals surface area (Å²) in [6.45, 7) is 1.87. The lowest BCUT2D eigenvalue weighted by atomic mass is 10.1. The van der Waals surface area contributed by atoms with E-state index >= 15 is 0 Å². The molecule has 0 saturated carbocycles. The number of nitrogens with one attached hydrogen (secondary N) is 1. The minimum atomic E-state index is -4.62. The van der Waals surface area contributed by atoms with E-state index in [1.807, 2.05) is 0 Å². The number of benzene rings is 1. The molecule has 9 nitrogen and oxygen atoms in total. The van der Waals surface area contributed by atoms with E-state index < -0.39 is 30.5 Å². The van der Waals surface area contributed by atoms with Gasteiger partial charge in [-0.25, -0.2) is 14.6 Å². The zero-order chi connectivity index (χ0) is 25.5. The molecule has 1 aromatic carbocycles. The maximum absolute atomic E-state index is 13.3. The average Bonchev–Trinajstić information content (AvgIpc) is 3.37. The number of alkyl halides is 3. The molecule has 2 amide bonds. The Hall–Kier alpha value is -3.71. The molecule has 0 aliphatic carbocycles. The Labute approximate surface area is 204 Å². The molecule has 3 heterocycles. The largest absolute Gasteiger partial charge is 0.467 e. The summed E-state index contributed by atoms with van der Waals surface area (Å²) in [6.07, 6.45) is -3.25. The number of primary amides is 1. The lowest BCUT2D eigenvalue weighted by Gasteiger charge is -2.13. The van der Waals surface area contributed by atoms with Crippen molar-refractivity contribution in [2.24, 2.45) is 5.73 Å². The summed E-state index contributed by atoms with van der Waals surface area (Å²) in [5.41, 5.74) is 6.54. The third-order valence-corrected chi connectivity index (χ3v) is 6.17.